The summed E-state index contributed by atoms with van der Waals surface area (Å²) in [5.74, 6) is -0.172. The quantitative estimate of drug-likeness (QED) is 0.375. The first-order valence-corrected chi connectivity index (χ1v) is 6.94. The fourth-order valence-corrected chi connectivity index (χ4v) is 2.16. The van der Waals surface area contributed by atoms with Crippen LogP contribution < -0.4 is 4.74 Å². The third-order valence-corrected chi connectivity index (χ3v) is 3.55. The molecule has 0 bridgehead atoms. The first-order valence-electron chi connectivity index (χ1n) is 6.94. The summed E-state index contributed by atoms with van der Waals surface area (Å²) in [7, 11) is 2.78. The maximum absolute atomic E-state index is 11.3. The van der Waals surface area contributed by atoms with E-state index in [0.717, 1.165) is 24.0 Å². The highest BCUT2D eigenvalue weighted by atomic mass is 16.5. The Bertz CT molecular complexity index is 617. The molecule has 0 aromatic heterocycles. The molecule has 0 saturated carbocycles. The number of ether oxygens (including phenoxy) is 2. The summed E-state index contributed by atoms with van der Waals surface area (Å²) in [6.07, 6.45) is 0.800. The van der Waals surface area contributed by atoms with Crippen molar-refractivity contribution >= 4 is 5.97 Å². The molecule has 22 heavy (non-hydrogen) atoms. The largest absolute Gasteiger partial charge is 0.505 e. The van der Waals surface area contributed by atoms with Crippen LogP contribution in [0.1, 0.15) is 36.8 Å². The lowest BCUT2D eigenvalue weighted by atomic mass is 9.94. The predicted molar refractivity (Wildman–Crippen MR) is 82.1 cm³/mol. The highest BCUT2D eigenvalue weighted by molar-refractivity contribution is 5.90. The number of rotatable bonds is 6. The summed E-state index contributed by atoms with van der Waals surface area (Å²) in [6, 6.07) is 5.90. The van der Waals surface area contributed by atoms with Crippen molar-refractivity contribution in [2.75, 3.05) is 14.2 Å². The minimum atomic E-state index is -0.868. The lowest BCUT2D eigenvalue weighted by Crippen LogP contribution is -2.06. The van der Waals surface area contributed by atoms with Crippen LogP contribution in [0.5, 0.6) is 5.75 Å². The van der Waals surface area contributed by atoms with E-state index in [2.05, 4.69) is 9.71 Å². The fourth-order valence-electron chi connectivity index (χ4n) is 2.16. The molecule has 0 unspecified atom stereocenters. The van der Waals surface area contributed by atoms with Gasteiger partial charge in [0.25, 0.3) is 0 Å². The van der Waals surface area contributed by atoms with Crippen molar-refractivity contribution < 1.29 is 19.4 Å². The van der Waals surface area contributed by atoms with Crippen molar-refractivity contribution in [1.82, 2.24) is 0 Å². The molecule has 0 aliphatic rings. The number of allylic oxidation sites excluding steroid dienone is 1. The van der Waals surface area contributed by atoms with Gasteiger partial charge < -0.3 is 14.6 Å². The van der Waals surface area contributed by atoms with Gasteiger partial charge >= 0.3 is 11.7 Å². The zero-order chi connectivity index (χ0) is 16.7. The molecule has 1 rings (SSSR count). The van der Waals surface area contributed by atoms with Crippen molar-refractivity contribution in [1.29, 1.82) is 5.39 Å². The number of aryl methyl sites for hydroxylation is 1. The molecule has 0 amide bonds. The number of esters is 1. The molecule has 0 aliphatic heterocycles. The summed E-state index contributed by atoms with van der Waals surface area (Å²) in [5.41, 5.74) is 1.68. The molecule has 0 radical (unpaired) electrons. The van der Waals surface area contributed by atoms with Crippen LogP contribution in [0, 0.1) is 12.3 Å². The molecule has 1 atom stereocenters. The van der Waals surface area contributed by atoms with E-state index in [9.17, 15) is 9.90 Å². The molecule has 0 spiro atoms. The van der Waals surface area contributed by atoms with E-state index in [4.69, 9.17) is 10.1 Å². The van der Waals surface area contributed by atoms with Gasteiger partial charge in [-0.2, -0.15) is 0 Å². The normalized spacial score (nSPS) is 12.9. The molecule has 0 saturated heterocycles. The van der Waals surface area contributed by atoms with E-state index in [1.54, 1.807) is 7.11 Å². The first-order chi connectivity index (χ1) is 10.4. The second-order valence-corrected chi connectivity index (χ2v) is 5.06. The number of aliphatic hydroxyl groups is 1. The lowest BCUT2D eigenvalue weighted by Gasteiger charge is -2.13. The van der Waals surface area contributed by atoms with Gasteiger partial charge in [-0.15, -0.1) is 0 Å². The zero-order valence-electron chi connectivity index (χ0n) is 13.3. The third kappa shape index (κ3) is 4.22. The Kier molecular flexibility index (Phi) is 6.39. The summed E-state index contributed by atoms with van der Waals surface area (Å²) >= 11 is 0. The van der Waals surface area contributed by atoms with Crippen molar-refractivity contribution in [2.45, 2.75) is 32.6 Å². The van der Waals surface area contributed by atoms with Crippen molar-refractivity contribution in [3.63, 3.8) is 0 Å². The molecule has 0 aliphatic carbocycles. The van der Waals surface area contributed by atoms with Crippen molar-refractivity contribution in [3.8, 4) is 5.75 Å². The minimum absolute atomic E-state index is 0.157. The number of diazo groups is 1. The van der Waals surface area contributed by atoms with Gasteiger partial charge in [-0.05, 0) is 36.5 Å². The number of carbonyl (C=O) groups excluding carboxylic acids is 1. The molecule has 6 heteroatoms. The topological polar surface area (TPSA) is 83.9 Å². The number of benzene rings is 1. The maximum atomic E-state index is 11.3. The second kappa shape index (κ2) is 8.03. The summed E-state index contributed by atoms with van der Waals surface area (Å²) in [4.78, 5) is 14.1. The van der Waals surface area contributed by atoms with Gasteiger partial charge in [0.1, 0.15) is 5.75 Å². The molecule has 1 aromatic carbocycles. The summed E-state index contributed by atoms with van der Waals surface area (Å²) in [5, 5.41) is 18.6. The molecule has 118 valence electrons. The van der Waals surface area contributed by atoms with Crippen LogP contribution in [0.2, 0.25) is 0 Å². The van der Waals surface area contributed by atoms with Crippen molar-refractivity contribution in [2.24, 2.45) is 0 Å². The molecule has 1 aromatic rings. The Balaban J connectivity index is 2.79. The predicted octanol–water partition coefficient (Wildman–Crippen LogP) is 3.68. The van der Waals surface area contributed by atoms with E-state index in [0.29, 0.717) is 6.42 Å². The Morgan fingerprint density at radius 2 is 2.09 bits per heavy atom. The van der Waals surface area contributed by atoms with E-state index in [-0.39, 0.29) is 18.1 Å². The van der Waals surface area contributed by atoms with Crippen LogP contribution in [-0.2, 0) is 9.53 Å². The fraction of sp³-hybridized carbons (Fsp3) is 0.438. The highest BCUT2D eigenvalue weighted by Crippen LogP contribution is 2.27. The molecule has 1 N–H and O–H groups in total. The Labute approximate surface area is 130 Å². The van der Waals surface area contributed by atoms with E-state index in [1.165, 1.54) is 0 Å². The molecule has 0 heterocycles. The number of carbonyl (C=O) groups is 1. The van der Waals surface area contributed by atoms with E-state index >= 15 is 0 Å². The monoisotopic (exact) mass is 305 g/mol. The molecular weight excluding hydrogens is 284 g/mol. The van der Waals surface area contributed by atoms with Gasteiger partial charge in [0.05, 0.1) is 14.2 Å². The van der Waals surface area contributed by atoms with Crippen LogP contribution in [0.4, 0.5) is 0 Å². The van der Waals surface area contributed by atoms with Gasteiger partial charge in [0.2, 0.25) is 5.39 Å². The number of hydrogen-bond donors (Lipinski definition) is 1. The first kappa shape index (κ1) is 17.5. The number of nitrogens with zero attached hydrogens (tertiary/aromatic N) is 2. The van der Waals surface area contributed by atoms with Crippen LogP contribution in [-0.4, -0.2) is 25.3 Å². The van der Waals surface area contributed by atoms with Crippen LogP contribution in [0.25, 0.3) is 4.98 Å². The Hall–Kier alpha value is -2.55. The lowest BCUT2D eigenvalue weighted by molar-refractivity contribution is -0.136. The van der Waals surface area contributed by atoms with Gasteiger partial charge in [0.15, 0.2) is 10.7 Å². The number of methoxy groups -OCH3 is 2. The Morgan fingerprint density at radius 1 is 1.41 bits per heavy atom. The van der Waals surface area contributed by atoms with E-state index < -0.39 is 11.7 Å². The average Bonchev–Trinajstić information content (AvgIpc) is 2.52. The van der Waals surface area contributed by atoms with Gasteiger partial charge in [0, 0.05) is 6.42 Å². The van der Waals surface area contributed by atoms with Crippen LogP contribution in [0.3, 0.4) is 0 Å². The highest BCUT2D eigenvalue weighted by Gasteiger charge is 2.29. The van der Waals surface area contributed by atoms with Crippen LogP contribution in [0.15, 0.2) is 29.7 Å². The number of aliphatic hydroxyl groups excluding tert-OH is 1. The van der Waals surface area contributed by atoms with E-state index in [1.807, 2.05) is 32.0 Å². The summed E-state index contributed by atoms with van der Waals surface area (Å²) in [6.45, 7) is 3.98. The second-order valence-electron chi connectivity index (χ2n) is 5.06. The zero-order valence-corrected chi connectivity index (χ0v) is 13.3. The van der Waals surface area contributed by atoms with Gasteiger partial charge in [-0.3, -0.25) is 0 Å². The molecule has 6 nitrogen and oxygen atoms in total. The van der Waals surface area contributed by atoms with Crippen LogP contribution >= 0.6 is 0 Å². The van der Waals surface area contributed by atoms with Gasteiger partial charge in [-0.1, -0.05) is 19.1 Å². The third-order valence-electron chi connectivity index (χ3n) is 3.55. The Morgan fingerprint density at radius 3 is 2.59 bits per heavy atom. The number of hydrogen-bond acceptors (Lipinski definition) is 5. The van der Waals surface area contributed by atoms with Crippen molar-refractivity contribution in [3.05, 3.63) is 45.8 Å². The summed E-state index contributed by atoms with van der Waals surface area (Å²) < 4.78 is 9.66. The average molecular weight is 305 g/mol. The maximum Gasteiger partial charge on any atom is 0.505 e. The minimum Gasteiger partial charge on any atom is -0.505 e. The molecule has 0 fully saturated rings. The molecular formula is C16H21N2O4+. The SMILES string of the molecule is COC(=O)/C([N+]#N)=C(\O)CC[C@@H](C)c1ccc(OC)c(C)c1. The smallest absolute Gasteiger partial charge is 0.505 e. The standard InChI is InChI=1S/C16H20N2O4/c1-10(12-6-8-14(21-3)11(2)9-12)5-7-13(19)15(18-17)16(20)22-4/h6,8-10H,5,7H2,1-4H3/p+1/t10-/m1/s1. The van der Waals surface area contributed by atoms with Gasteiger partial charge in [-0.25, -0.2) is 4.79 Å².